The first-order valence-electron chi connectivity index (χ1n) is 2.95. The molecule has 10 heteroatoms. The van der Waals surface area contributed by atoms with Gasteiger partial charge in [0, 0.05) is 0 Å². The Balaban J connectivity index is 3.39. The van der Waals surface area contributed by atoms with Crippen LogP contribution in [0.5, 0.6) is 0 Å². The van der Waals surface area contributed by atoms with Gasteiger partial charge in [-0.3, -0.25) is 10.1 Å². The van der Waals surface area contributed by atoms with Crippen molar-refractivity contribution < 1.29 is 9.85 Å². The molecule has 0 saturated carbocycles. The molecular weight excluding hydrogens is 239 g/mol. The van der Waals surface area contributed by atoms with Crippen molar-refractivity contribution in [2.45, 2.75) is 0 Å². The third-order valence-corrected chi connectivity index (χ3v) is 1.66. The Bertz CT molecular complexity index is 399. The van der Waals surface area contributed by atoms with Gasteiger partial charge < -0.3 is 10.1 Å². The van der Waals surface area contributed by atoms with Crippen LogP contribution < -0.4 is 0 Å². The van der Waals surface area contributed by atoms with E-state index >= 15 is 0 Å². The molecule has 1 aromatic rings. The van der Waals surface area contributed by atoms with E-state index in [1.54, 1.807) is 0 Å². The summed E-state index contributed by atoms with van der Waals surface area (Å²) in [4.78, 5) is 24.8. The van der Waals surface area contributed by atoms with Crippen LogP contribution in [-0.2, 0) is 0 Å². The maximum Gasteiger partial charge on any atom is 0.472 e. The fourth-order valence-corrected chi connectivity index (χ4v) is 1.14. The summed E-state index contributed by atoms with van der Waals surface area (Å²) in [6.45, 7) is 0. The van der Waals surface area contributed by atoms with E-state index < -0.39 is 31.8 Å². The fourth-order valence-electron chi connectivity index (χ4n) is 0.624. The monoisotopic (exact) mass is 238 g/mol. The van der Waals surface area contributed by atoms with E-state index in [4.69, 9.17) is 23.2 Å². The number of hydrogen-bond acceptors (Lipinski definition) is 6. The number of nitro groups is 2. The van der Waals surface area contributed by atoms with Gasteiger partial charge in [0.1, 0.15) is 0 Å². The van der Waals surface area contributed by atoms with Crippen molar-refractivity contribution in [2.75, 3.05) is 0 Å². The van der Waals surface area contributed by atoms with Crippen molar-refractivity contribution >= 4 is 34.8 Å². The normalized spacial score (nSPS) is 9.86. The average molecular weight is 239 g/mol. The van der Waals surface area contributed by atoms with E-state index in [2.05, 4.69) is 9.97 Å². The second-order valence-electron chi connectivity index (χ2n) is 1.97. The van der Waals surface area contributed by atoms with Gasteiger partial charge in [-0.15, -0.1) is 0 Å². The zero-order chi connectivity index (χ0) is 10.9. The highest BCUT2D eigenvalue weighted by molar-refractivity contribution is 6.36. The van der Waals surface area contributed by atoms with E-state index in [1.807, 2.05) is 0 Å². The Morgan fingerprint density at radius 1 is 1.00 bits per heavy atom. The SMILES string of the molecule is O=[N+]([O-])c1nc(Cl)c([N+](=O)[O-])c(Cl)n1. The molecule has 8 nitrogen and oxygen atoms in total. The molecule has 0 fully saturated rings. The summed E-state index contributed by atoms with van der Waals surface area (Å²) in [5.74, 6) is -0.884. The van der Waals surface area contributed by atoms with Gasteiger partial charge in [0.05, 0.1) is 4.92 Å². The molecule has 0 spiro atoms. The quantitative estimate of drug-likeness (QED) is 0.440. The lowest BCUT2D eigenvalue weighted by Gasteiger charge is -1.93. The van der Waals surface area contributed by atoms with Crippen LogP contribution in [0, 0.1) is 20.2 Å². The van der Waals surface area contributed by atoms with Gasteiger partial charge in [-0.2, -0.15) is 0 Å². The standard InChI is InChI=1S/C4Cl2N4O4/c5-2-1(9(11)12)3(6)8-4(7-2)10(13)14. The van der Waals surface area contributed by atoms with E-state index in [-0.39, 0.29) is 0 Å². The molecule has 0 aromatic carbocycles. The van der Waals surface area contributed by atoms with Crippen molar-refractivity contribution in [3.8, 4) is 0 Å². The lowest BCUT2D eigenvalue weighted by Crippen LogP contribution is -2.00. The lowest BCUT2D eigenvalue weighted by molar-refractivity contribution is -0.397. The first-order chi connectivity index (χ1) is 6.43. The molecule has 14 heavy (non-hydrogen) atoms. The topological polar surface area (TPSA) is 112 Å². The van der Waals surface area contributed by atoms with Crippen LogP contribution in [0.4, 0.5) is 11.6 Å². The van der Waals surface area contributed by atoms with Crippen LogP contribution in [0.2, 0.25) is 10.3 Å². The van der Waals surface area contributed by atoms with Gasteiger partial charge in [0.25, 0.3) is 10.3 Å². The van der Waals surface area contributed by atoms with Crippen molar-refractivity contribution in [1.29, 1.82) is 0 Å². The first kappa shape index (κ1) is 10.5. The van der Waals surface area contributed by atoms with E-state index in [9.17, 15) is 20.2 Å². The van der Waals surface area contributed by atoms with Gasteiger partial charge in [-0.25, -0.2) is 0 Å². The molecule has 0 aliphatic carbocycles. The second-order valence-corrected chi connectivity index (χ2v) is 2.68. The summed E-state index contributed by atoms with van der Waals surface area (Å²) in [6, 6.07) is 0. The minimum atomic E-state index is -0.957. The zero-order valence-corrected chi connectivity index (χ0v) is 7.69. The Kier molecular flexibility index (Phi) is 2.77. The van der Waals surface area contributed by atoms with Crippen molar-refractivity contribution in [3.63, 3.8) is 0 Å². The molecule has 0 unspecified atom stereocenters. The zero-order valence-electron chi connectivity index (χ0n) is 6.18. The Hall–Kier alpha value is -1.54. The molecular formula is C4Cl2N4O4. The first-order valence-corrected chi connectivity index (χ1v) is 3.71. The molecule has 0 radical (unpaired) electrons. The van der Waals surface area contributed by atoms with Crippen molar-refractivity contribution in [2.24, 2.45) is 0 Å². The van der Waals surface area contributed by atoms with Gasteiger partial charge in [-0.1, -0.05) is 0 Å². The number of hydrogen-bond donors (Lipinski definition) is 0. The smallest absolute Gasteiger partial charge is 0.390 e. The molecule has 0 N–H and O–H groups in total. The highest BCUT2D eigenvalue weighted by atomic mass is 35.5. The number of rotatable bonds is 2. The number of nitrogens with zero attached hydrogens (tertiary/aromatic N) is 4. The predicted octanol–water partition coefficient (Wildman–Crippen LogP) is 1.60. The van der Waals surface area contributed by atoms with Gasteiger partial charge in [0.2, 0.25) is 0 Å². The van der Waals surface area contributed by atoms with Crippen LogP contribution in [0.25, 0.3) is 0 Å². The third kappa shape index (κ3) is 1.86. The summed E-state index contributed by atoms with van der Waals surface area (Å²) < 4.78 is 0. The highest BCUT2D eigenvalue weighted by Crippen LogP contribution is 2.30. The maximum absolute atomic E-state index is 10.3. The maximum atomic E-state index is 10.3. The Morgan fingerprint density at radius 3 is 1.71 bits per heavy atom. The van der Waals surface area contributed by atoms with Crippen LogP contribution in [0.15, 0.2) is 0 Å². The molecule has 0 amide bonds. The van der Waals surface area contributed by atoms with Crippen molar-refractivity contribution in [3.05, 3.63) is 30.5 Å². The molecule has 0 saturated heterocycles. The third-order valence-electron chi connectivity index (χ3n) is 1.13. The summed E-state index contributed by atoms with van der Waals surface area (Å²) >= 11 is 10.6. The highest BCUT2D eigenvalue weighted by Gasteiger charge is 2.29. The van der Waals surface area contributed by atoms with Gasteiger partial charge in [-0.05, 0) is 38.1 Å². The van der Waals surface area contributed by atoms with Crippen LogP contribution >= 0.6 is 23.2 Å². The Labute approximate surface area is 85.8 Å². The van der Waals surface area contributed by atoms with Crippen LogP contribution in [0.1, 0.15) is 0 Å². The summed E-state index contributed by atoms with van der Waals surface area (Å²) in [6.07, 6.45) is 0. The average Bonchev–Trinajstić information content (AvgIpc) is 2.01. The molecule has 1 heterocycles. The molecule has 0 atom stereocenters. The van der Waals surface area contributed by atoms with Crippen LogP contribution in [0.3, 0.4) is 0 Å². The fraction of sp³-hybridized carbons (Fsp3) is 0. The van der Waals surface area contributed by atoms with Crippen molar-refractivity contribution in [1.82, 2.24) is 9.97 Å². The number of aromatic nitrogens is 2. The predicted molar refractivity (Wildman–Crippen MR) is 45.4 cm³/mol. The van der Waals surface area contributed by atoms with Crippen LogP contribution in [-0.4, -0.2) is 19.8 Å². The lowest BCUT2D eigenvalue weighted by atomic mass is 10.5. The number of halogens is 2. The molecule has 1 rings (SSSR count). The van der Waals surface area contributed by atoms with Gasteiger partial charge in [0.15, 0.2) is 0 Å². The molecule has 0 aliphatic rings. The molecule has 0 bridgehead atoms. The summed E-state index contributed by atoms with van der Waals surface area (Å²) in [5, 5.41) is 19.2. The van der Waals surface area contributed by atoms with E-state index in [0.717, 1.165) is 0 Å². The van der Waals surface area contributed by atoms with Gasteiger partial charge >= 0.3 is 11.6 Å². The molecule has 1 aromatic heterocycles. The summed E-state index contributed by atoms with van der Waals surface area (Å²) in [5.41, 5.74) is -0.751. The minimum absolute atomic E-state index is 0.665. The largest absolute Gasteiger partial charge is 0.472 e. The molecule has 0 aliphatic heterocycles. The Morgan fingerprint density at radius 2 is 1.43 bits per heavy atom. The van der Waals surface area contributed by atoms with E-state index in [0.29, 0.717) is 0 Å². The second kappa shape index (κ2) is 3.68. The minimum Gasteiger partial charge on any atom is -0.390 e. The summed E-state index contributed by atoms with van der Waals surface area (Å²) in [7, 11) is 0. The molecule has 74 valence electrons. The van der Waals surface area contributed by atoms with E-state index in [1.165, 1.54) is 0 Å².